The molecule has 4 rings (SSSR count). The Hall–Kier alpha value is -3.04. The maximum atomic E-state index is 16.1. The summed E-state index contributed by atoms with van der Waals surface area (Å²) in [5, 5.41) is 3.94. The molecule has 29 heavy (non-hydrogen) atoms. The Kier molecular flexibility index (Phi) is 4.71. The normalized spacial score (nSPS) is 19.9. The zero-order valence-corrected chi connectivity index (χ0v) is 15.9. The SMILES string of the molecule is Cc1cc(C(=O)N2CCC[C@@](F)(c3cc(C(F)F)nc4ncnn34)C2)cc(C)n1. The predicted molar refractivity (Wildman–Crippen MR) is 97.4 cm³/mol. The minimum atomic E-state index is -2.87. The van der Waals surface area contributed by atoms with Gasteiger partial charge in [-0.3, -0.25) is 9.78 Å². The zero-order valence-electron chi connectivity index (χ0n) is 15.9. The Morgan fingerprint density at radius 2 is 1.90 bits per heavy atom. The van der Waals surface area contributed by atoms with E-state index < -0.39 is 17.8 Å². The molecule has 152 valence electrons. The third kappa shape index (κ3) is 3.54. The van der Waals surface area contributed by atoms with Gasteiger partial charge < -0.3 is 4.90 Å². The van der Waals surface area contributed by atoms with Crippen molar-refractivity contribution in [2.75, 3.05) is 13.1 Å². The van der Waals surface area contributed by atoms with Crippen LogP contribution in [-0.4, -0.2) is 48.5 Å². The summed E-state index contributed by atoms with van der Waals surface area (Å²) in [5.74, 6) is -0.419. The Morgan fingerprint density at radius 3 is 2.59 bits per heavy atom. The second-order valence-electron chi connectivity index (χ2n) is 7.27. The second kappa shape index (κ2) is 7.09. The van der Waals surface area contributed by atoms with E-state index in [1.807, 2.05) is 0 Å². The van der Waals surface area contributed by atoms with Crippen molar-refractivity contribution in [1.29, 1.82) is 0 Å². The smallest absolute Gasteiger partial charge is 0.280 e. The molecule has 0 spiro atoms. The van der Waals surface area contributed by atoms with Crippen LogP contribution in [0.2, 0.25) is 0 Å². The van der Waals surface area contributed by atoms with Crippen molar-refractivity contribution >= 4 is 11.7 Å². The first-order valence-corrected chi connectivity index (χ1v) is 9.20. The lowest BCUT2D eigenvalue weighted by molar-refractivity contribution is 0.0290. The Balaban J connectivity index is 1.71. The molecule has 0 aromatic carbocycles. The Bertz CT molecular complexity index is 1060. The van der Waals surface area contributed by atoms with Crippen LogP contribution >= 0.6 is 0 Å². The van der Waals surface area contributed by atoms with Gasteiger partial charge in [0, 0.05) is 23.5 Å². The first kappa shape index (κ1) is 19.3. The molecule has 4 heterocycles. The lowest BCUT2D eigenvalue weighted by Gasteiger charge is -2.37. The molecule has 0 radical (unpaired) electrons. The quantitative estimate of drug-likeness (QED) is 0.670. The molecule has 0 N–H and O–H groups in total. The number of amides is 1. The van der Waals surface area contributed by atoms with Crippen molar-refractivity contribution in [3.63, 3.8) is 0 Å². The maximum Gasteiger partial charge on any atom is 0.280 e. The molecule has 0 bridgehead atoms. The van der Waals surface area contributed by atoms with Crippen LogP contribution in [0.15, 0.2) is 24.5 Å². The number of hydrogen-bond donors (Lipinski definition) is 0. The molecular formula is C19H19F3N6O. The lowest BCUT2D eigenvalue weighted by Crippen LogP contribution is -2.47. The minimum absolute atomic E-state index is 0.0742. The molecule has 0 aliphatic carbocycles. The van der Waals surface area contributed by atoms with Crippen LogP contribution in [0.4, 0.5) is 13.2 Å². The van der Waals surface area contributed by atoms with Crippen LogP contribution in [0.1, 0.15) is 52.4 Å². The fourth-order valence-corrected chi connectivity index (χ4v) is 3.80. The number of rotatable bonds is 3. The fraction of sp³-hybridized carbons (Fsp3) is 0.421. The summed E-state index contributed by atoms with van der Waals surface area (Å²) in [7, 11) is 0. The van der Waals surface area contributed by atoms with Gasteiger partial charge in [0.1, 0.15) is 12.0 Å². The standard InChI is InChI=1S/C19H19F3N6O/c1-11-6-13(7-12(2)25-11)17(29)27-5-3-4-19(22,9-27)15-8-14(16(20)21)26-18-23-10-24-28(15)18/h6-8,10,16H,3-5,9H2,1-2H3/t19-/m0/s1. The van der Waals surface area contributed by atoms with E-state index in [-0.39, 0.29) is 30.3 Å². The molecule has 3 aromatic heterocycles. The van der Waals surface area contributed by atoms with E-state index in [2.05, 4.69) is 20.1 Å². The van der Waals surface area contributed by atoms with Gasteiger partial charge in [-0.25, -0.2) is 18.2 Å². The number of halogens is 3. The number of carbonyl (C=O) groups excluding carboxylic acids is 1. The average Bonchev–Trinajstić information content (AvgIpc) is 3.14. The van der Waals surface area contributed by atoms with Crippen LogP contribution in [0.3, 0.4) is 0 Å². The molecule has 1 aliphatic heterocycles. The summed E-state index contributed by atoms with van der Waals surface area (Å²) >= 11 is 0. The van der Waals surface area contributed by atoms with Crippen molar-refractivity contribution in [2.45, 2.75) is 38.8 Å². The van der Waals surface area contributed by atoms with Crippen molar-refractivity contribution in [2.24, 2.45) is 0 Å². The number of aryl methyl sites for hydroxylation is 2. The van der Waals surface area contributed by atoms with Crippen molar-refractivity contribution in [3.8, 4) is 0 Å². The van der Waals surface area contributed by atoms with Crippen molar-refractivity contribution < 1.29 is 18.0 Å². The van der Waals surface area contributed by atoms with Crippen LogP contribution < -0.4 is 0 Å². The Labute approximate surface area is 164 Å². The molecule has 1 atom stereocenters. The molecule has 7 nitrogen and oxygen atoms in total. The highest BCUT2D eigenvalue weighted by Gasteiger charge is 2.42. The minimum Gasteiger partial charge on any atom is -0.335 e. The van der Waals surface area contributed by atoms with Crippen LogP contribution in [0.25, 0.3) is 5.78 Å². The predicted octanol–water partition coefficient (Wildman–Crippen LogP) is 3.17. The van der Waals surface area contributed by atoms with E-state index in [1.54, 1.807) is 26.0 Å². The maximum absolute atomic E-state index is 16.1. The number of carbonyl (C=O) groups is 1. The number of fused-ring (bicyclic) bond motifs is 1. The van der Waals surface area contributed by atoms with Crippen LogP contribution in [0.5, 0.6) is 0 Å². The highest BCUT2D eigenvalue weighted by Crippen LogP contribution is 2.37. The Morgan fingerprint density at radius 1 is 1.17 bits per heavy atom. The molecule has 1 aliphatic rings. The van der Waals surface area contributed by atoms with Gasteiger partial charge in [0.2, 0.25) is 0 Å². The van der Waals surface area contributed by atoms with Gasteiger partial charge in [-0.05, 0) is 44.9 Å². The summed E-state index contributed by atoms with van der Waals surface area (Å²) in [6.07, 6.45) is -1.28. The summed E-state index contributed by atoms with van der Waals surface area (Å²) in [6, 6.07) is 4.32. The molecule has 1 fully saturated rings. The van der Waals surface area contributed by atoms with E-state index in [1.165, 1.54) is 4.90 Å². The lowest BCUT2D eigenvalue weighted by atomic mass is 9.90. The van der Waals surface area contributed by atoms with Gasteiger partial charge in [-0.15, -0.1) is 0 Å². The molecular weight excluding hydrogens is 385 g/mol. The largest absolute Gasteiger partial charge is 0.335 e. The second-order valence-corrected chi connectivity index (χ2v) is 7.27. The van der Waals surface area contributed by atoms with Gasteiger partial charge in [0.25, 0.3) is 18.1 Å². The molecule has 3 aromatic rings. The summed E-state index contributed by atoms with van der Waals surface area (Å²) in [5.41, 5.74) is -0.887. The number of nitrogens with zero attached hydrogens (tertiary/aromatic N) is 6. The number of piperidine rings is 1. The van der Waals surface area contributed by atoms with Gasteiger partial charge in [-0.2, -0.15) is 14.6 Å². The molecule has 1 amide bonds. The molecule has 1 saturated heterocycles. The topological polar surface area (TPSA) is 76.3 Å². The van der Waals surface area contributed by atoms with E-state index in [4.69, 9.17) is 0 Å². The van der Waals surface area contributed by atoms with E-state index in [9.17, 15) is 13.6 Å². The van der Waals surface area contributed by atoms with Gasteiger partial charge in [-0.1, -0.05) is 0 Å². The summed E-state index contributed by atoms with van der Waals surface area (Å²) in [6.45, 7) is 3.67. The highest BCUT2D eigenvalue weighted by molar-refractivity contribution is 5.94. The molecule has 0 unspecified atom stereocenters. The number of alkyl halides is 3. The third-order valence-electron chi connectivity index (χ3n) is 5.01. The van der Waals surface area contributed by atoms with E-state index in [0.29, 0.717) is 29.9 Å². The number of likely N-dealkylation sites (tertiary alicyclic amines) is 1. The zero-order chi connectivity index (χ0) is 20.8. The monoisotopic (exact) mass is 404 g/mol. The number of pyridine rings is 1. The van der Waals surface area contributed by atoms with Gasteiger partial charge >= 0.3 is 0 Å². The summed E-state index contributed by atoms with van der Waals surface area (Å²) < 4.78 is 43.7. The molecule has 0 saturated carbocycles. The van der Waals surface area contributed by atoms with Crippen molar-refractivity contribution in [1.82, 2.24) is 29.5 Å². The fourth-order valence-electron chi connectivity index (χ4n) is 3.80. The van der Waals surface area contributed by atoms with Crippen LogP contribution in [0, 0.1) is 13.8 Å². The number of aromatic nitrogens is 5. The van der Waals surface area contributed by atoms with Crippen LogP contribution in [-0.2, 0) is 5.67 Å². The van der Waals surface area contributed by atoms with E-state index >= 15 is 4.39 Å². The molecule has 10 heteroatoms. The van der Waals surface area contributed by atoms with Crippen molar-refractivity contribution in [3.05, 3.63) is 52.9 Å². The van der Waals surface area contributed by atoms with E-state index in [0.717, 1.165) is 16.9 Å². The van der Waals surface area contributed by atoms with Gasteiger partial charge in [0.15, 0.2) is 5.67 Å². The third-order valence-corrected chi connectivity index (χ3v) is 5.01. The first-order chi connectivity index (χ1) is 13.8. The first-order valence-electron chi connectivity index (χ1n) is 9.20. The van der Waals surface area contributed by atoms with Gasteiger partial charge in [0.05, 0.1) is 12.2 Å². The average molecular weight is 404 g/mol. The highest BCUT2D eigenvalue weighted by atomic mass is 19.3. The summed E-state index contributed by atoms with van der Waals surface area (Å²) in [4.78, 5) is 26.2. The number of hydrogen-bond acceptors (Lipinski definition) is 5.